The molecule has 5 fully saturated rings. The van der Waals surface area contributed by atoms with Gasteiger partial charge in [0.1, 0.15) is 116 Å². The minimum atomic E-state index is -2.13. The number of hydrogen-bond acceptors (Lipinski definition) is 25. The molecule has 5 heterocycles. The smallest absolute Gasteiger partial charge is 0.187 e. The monoisotopic (exact) mass is 798 g/mol. The van der Waals surface area contributed by atoms with Crippen molar-refractivity contribution in [1.29, 1.82) is 0 Å². The van der Waals surface area contributed by atoms with Gasteiger partial charge < -0.3 is 124 Å². The zero-order chi connectivity index (χ0) is 39.8. The Hall–Kier alpha value is -1.00. The molecular weight excluding hydrogens is 748 g/mol. The van der Waals surface area contributed by atoms with E-state index in [0.717, 1.165) is 0 Å². The second-order valence-corrected chi connectivity index (χ2v) is 13.5. The lowest BCUT2D eigenvalue weighted by molar-refractivity contribution is -0.388. The number of hydrogen-bond donors (Lipinski definition) is 16. The van der Waals surface area contributed by atoms with Gasteiger partial charge in [-0.3, -0.25) is 0 Å². The zero-order valence-electron chi connectivity index (χ0n) is 28.2. The van der Waals surface area contributed by atoms with E-state index in [9.17, 15) is 81.7 Å². The van der Waals surface area contributed by atoms with Crippen LogP contribution in [0.15, 0.2) is 0 Å². The molecule has 0 aliphatic carbocycles. The van der Waals surface area contributed by atoms with Crippen molar-refractivity contribution in [2.45, 2.75) is 147 Å². The average molecular weight is 799 g/mol. The molecule has 25 nitrogen and oxygen atoms in total. The van der Waals surface area contributed by atoms with Gasteiger partial charge in [0.25, 0.3) is 0 Å². The normalized spacial score (nSPS) is 53.3. The van der Waals surface area contributed by atoms with Gasteiger partial charge in [-0.25, -0.2) is 0 Å². The summed E-state index contributed by atoms with van der Waals surface area (Å²) in [5, 5.41) is 166. The van der Waals surface area contributed by atoms with E-state index in [-0.39, 0.29) is 0 Å². The molecule has 0 aromatic heterocycles. The van der Waals surface area contributed by atoms with Gasteiger partial charge in [0, 0.05) is 0 Å². The van der Waals surface area contributed by atoms with Crippen molar-refractivity contribution in [3.8, 4) is 0 Å². The van der Waals surface area contributed by atoms with Gasteiger partial charge in [-0.2, -0.15) is 0 Å². The van der Waals surface area contributed by atoms with Crippen molar-refractivity contribution in [2.75, 3.05) is 33.0 Å². The lowest BCUT2D eigenvalue weighted by atomic mass is 9.95. The first-order valence-corrected chi connectivity index (χ1v) is 17.0. The summed E-state index contributed by atoms with van der Waals surface area (Å²) in [6.07, 6.45) is -43.7. The first-order chi connectivity index (χ1) is 25.5. The third-order valence-electron chi connectivity index (χ3n) is 9.90. The van der Waals surface area contributed by atoms with Crippen LogP contribution >= 0.6 is 0 Å². The Morgan fingerprint density at radius 1 is 0.389 bits per heavy atom. The maximum atomic E-state index is 11.3. The zero-order valence-corrected chi connectivity index (χ0v) is 28.2. The summed E-state index contributed by atoms with van der Waals surface area (Å²) >= 11 is 0. The first kappa shape index (κ1) is 44.1. The molecular formula is C29H50O25. The number of rotatable bonds is 12. The molecule has 0 spiro atoms. The van der Waals surface area contributed by atoms with Crippen molar-refractivity contribution in [3.63, 3.8) is 0 Å². The van der Waals surface area contributed by atoms with Gasteiger partial charge in [0.15, 0.2) is 31.5 Å². The summed E-state index contributed by atoms with van der Waals surface area (Å²) in [4.78, 5) is 0. The van der Waals surface area contributed by atoms with Crippen molar-refractivity contribution in [2.24, 2.45) is 0 Å². The van der Waals surface area contributed by atoms with Crippen LogP contribution in [0.1, 0.15) is 0 Å². The molecule has 5 rings (SSSR count). The van der Waals surface area contributed by atoms with Crippen LogP contribution in [0.3, 0.4) is 0 Å². The average Bonchev–Trinajstić information content (AvgIpc) is 3.15. The van der Waals surface area contributed by atoms with E-state index >= 15 is 0 Å². The standard InChI is InChI=1S/C29H50O25/c30-1-7-11(34)15(38)17(40)26(48-7)47-5-10-12(35)16(39)18(41)27(51-10)53-23-13(36)9(3-32)50-29(21(23)44)54-24-14(37)8(2-31)49-28(20(24)43)52-22-6(33)4-46-25(45)19(22)42/h6-45H,1-5H2/t6-,7+,8+,9+,10+,11-,12-,13-,14-,15-,16-,17+,18+,19+,20+,21+,22-,23-,24-,25-,26+,27-,28-,29-/m0/s1. The third kappa shape index (κ3) is 9.00. The molecule has 0 unspecified atom stereocenters. The summed E-state index contributed by atoms with van der Waals surface area (Å²) in [5.41, 5.74) is 0. The Morgan fingerprint density at radius 3 is 1.28 bits per heavy atom. The van der Waals surface area contributed by atoms with Crippen LogP contribution in [0.2, 0.25) is 0 Å². The van der Waals surface area contributed by atoms with E-state index in [2.05, 4.69) is 0 Å². The van der Waals surface area contributed by atoms with E-state index in [1.165, 1.54) is 0 Å². The highest BCUT2D eigenvalue weighted by molar-refractivity contribution is 4.98. The van der Waals surface area contributed by atoms with Crippen LogP contribution in [-0.4, -0.2) is 262 Å². The summed E-state index contributed by atoms with van der Waals surface area (Å²) in [7, 11) is 0. The lowest BCUT2D eigenvalue weighted by Crippen LogP contribution is -2.67. The summed E-state index contributed by atoms with van der Waals surface area (Å²) in [5.74, 6) is 0. The lowest BCUT2D eigenvalue weighted by Gasteiger charge is -2.48. The quantitative estimate of drug-likeness (QED) is 0.0871. The summed E-state index contributed by atoms with van der Waals surface area (Å²) < 4.78 is 48.6. The Bertz CT molecular complexity index is 1160. The maximum Gasteiger partial charge on any atom is 0.187 e. The summed E-state index contributed by atoms with van der Waals surface area (Å²) in [6, 6.07) is 0. The molecule has 0 radical (unpaired) electrons. The molecule has 5 saturated heterocycles. The van der Waals surface area contributed by atoms with E-state index in [4.69, 9.17) is 42.6 Å². The van der Waals surface area contributed by atoms with Crippen LogP contribution in [0, 0.1) is 0 Å². The minimum Gasteiger partial charge on any atom is -0.394 e. The molecule has 54 heavy (non-hydrogen) atoms. The predicted molar refractivity (Wildman–Crippen MR) is 161 cm³/mol. The molecule has 0 amide bonds. The highest BCUT2D eigenvalue weighted by Crippen LogP contribution is 2.34. The van der Waals surface area contributed by atoms with Crippen molar-refractivity contribution in [3.05, 3.63) is 0 Å². The molecule has 0 aromatic carbocycles. The fraction of sp³-hybridized carbons (Fsp3) is 1.00. The molecule has 0 aromatic rings. The Balaban J connectivity index is 1.28. The molecule has 16 N–H and O–H groups in total. The van der Waals surface area contributed by atoms with Gasteiger partial charge in [-0.1, -0.05) is 0 Å². The topological polar surface area (TPSA) is 407 Å². The fourth-order valence-electron chi connectivity index (χ4n) is 6.63. The second kappa shape index (κ2) is 18.7. The van der Waals surface area contributed by atoms with Crippen LogP contribution in [0.4, 0.5) is 0 Å². The van der Waals surface area contributed by atoms with Crippen LogP contribution in [0.25, 0.3) is 0 Å². The van der Waals surface area contributed by atoms with E-state index < -0.39 is 180 Å². The van der Waals surface area contributed by atoms with Gasteiger partial charge >= 0.3 is 0 Å². The van der Waals surface area contributed by atoms with Gasteiger partial charge in [0.05, 0.1) is 33.0 Å². The first-order valence-electron chi connectivity index (χ1n) is 17.0. The second-order valence-electron chi connectivity index (χ2n) is 13.5. The Labute approximate surface area is 305 Å². The number of ether oxygens (including phenoxy) is 9. The van der Waals surface area contributed by atoms with Gasteiger partial charge in [-0.05, 0) is 0 Å². The Kier molecular flexibility index (Phi) is 15.3. The maximum absolute atomic E-state index is 11.3. The third-order valence-corrected chi connectivity index (χ3v) is 9.90. The van der Waals surface area contributed by atoms with Gasteiger partial charge in [0.2, 0.25) is 0 Å². The van der Waals surface area contributed by atoms with Crippen LogP contribution in [0.5, 0.6) is 0 Å². The molecule has 316 valence electrons. The Morgan fingerprint density at radius 2 is 0.778 bits per heavy atom. The van der Waals surface area contributed by atoms with E-state index in [1.807, 2.05) is 0 Å². The molecule has 0 saturated carbocycles. The molecule has 24 atom stereocenters. The largest absolute Gasteiger partial charge is 0.394 e. The van der Waals surface area contributed by atoms with Crippen LogP contribution < -0.4 is 0 Å². The SMILES string of the molecule is OC[C@H]1O[C@@H](OC[C@H]2O[C@@H](O[C@H]3[C@@H](O)[C@@H](CO)O[C@@H](O[C@H]4[C@@H](O)[C@@H](CO)O[C@@H](O[C@@H]5[C@@H](O)[C@@H](O)OC[C@@H]5O)[C@@H]4O)[C@@H]3O)[C@H](O)[C@@H](O)[C@H]2O)[C@H](O)[C@@H](O)[C@H]1O. The number of aliphatic hydroxyl groups excluding tert-OH is 16. The van der Waals surface area contributed by atoms with Crippen LogP contribution in [-0.2, 0) is 42.6 Å². The molecule has 25 heteroatoms. The predicted octanol–water partition coefficient (Wildman–Crippen LogP) is -11.3. The van der Waals surface area contributed by atoms with Crippen molar-refractivity contribution >= 4 is 0 Å². The highest BCUT2D eigenvalue weighted by Gasteiger charge is 2.55. The summed E-state index contributed by atoms with van der Waals surface area (Å²) in [6.45, 7) is -3.87. The molecule has 5 aliphatic rings. The minimum absolute atomic E-state index is 0.493. The van der Waals surface area contributed by atoms with E-state index in [1.54, 1.807) is 0 Å². The van der Waals surface area contributed by atoms with Crippen molar-refractivity contribution < 1.29 is 124 Å². The van der Waals surface area contributed by atoms with Gasteiger partial charge in [-0.15, -0.1) is 0 Å². The molecule has 5 aliphatic heterocycles. The number of aliphatic hydroxyl groups is 16. The van der Waals surface area contributed by atoms with E-state index in [0.29, 0.717) is 0 Å². The fourth-order valence-corrected chi connectivity index (χ4v) is 6.63. The highest BCUT2D eigenvalue weighted by atomic mass is 16.8. The van der Waals surface area contributed by atoms with Crippen molar-refractivity contribution in [1.82, 2.24) is 0 Å². The molecule has 0 bridgehead atoms.